The number of benzene rings is 1. The summed E-state index contributed by atoms with van der Waals surface area (Å²) in [5.74, 6) is -0.645. The Morgan fingerprint density at radius 1 is 1.27 bits per heavy atom. The molecule has 22 heavy (non-hydrogen) atoms. The molecule has 0 aliphatic carbocycles. The summed E-state index contributed by atoms with van der Waals surface area (Å²) in [7, 11) is 0. The molecule has 0 atom stereocenters. The second-order valence-electron chi connectivity index (χ2n) is 4.59. The number of carbonyl (C=O) groups excluding carboxylic acids is 1. The largest absolute Gasteiger partial charge is 0.462 e. The van der Waals surface area contributed by atoms with Crippen molar-refractivity contribution in [1.29, 1.82) is 0 Å². The van der Waals surface area contributed by atoms with E-state index in [-0.39, 0.29) is 23.4 Å². The molecular formula is C15H13N3O4. The number of aromatic nitrogens is 3. The predicted octanol–water partition coefficient (Wildman–Crippen LogP) is 1.55. The van der Waals surface area contributed by atoms with E-state index in [1.165, 1.54) is 17.1 Å². The summed E-state index contributed by atoms with van der Waals surface area (Å²) >= 11 is 0. The highest BCUT2D eigenvalue weighted by molar-refractivity contribution is 5.96. The Morgan fingerprint density at radius 3 is 2.68 bits per heavy atom. The maximum atomic E-state index is 12.4. The topological polar surface area (TPSA) is 86.4 Å². The number of hydrogen-bond donors (Lipinski definition) is 1. The molecule has 0 saturated heterocycles. The summed E-state index contributed by atoms with van der Waals surface area (Å²) in [4.78, 5) is 24.4. The van der Waals surface area contributed by atoms with E-state index in [2.05, 4.69) is 5.10 Å². The monoisotopic (exact) mass is 299 g/mol. The van der Waals surface area contributed by atoms with E-state index in [0.29, 0.717) is 10.4 Å². The molecule has 0 fully saturated rings. The highest BCUT2D eigenvalue weighted by atomic mass is 16.5. The molecule has 0 unspecified atom stereocenters. The molecule has 0 bridgehead atoms. The summed E-state index contributed by atoms with van der Waals surface area (Å²) in [5.41, 5.74) is 0.515. The van der Waals surface area contributed by atoms with Crippen molar-refractivity contribution >= 4 is 5.97 Å². The molecule has 0 saturated carbocycles. The summed E-state index contributed by atoms with van der Waals surface area (Å²) in [5, 5.41) is 13.9. The van der Waals surface area contributed by atoms with Gasteiger partial charge in [-0.3, -0.25) is 4.79 Å². The fraction of sp³-hybridized carbons (Fsp3) is 0.133. The molecule has 0 spiro atoms. The van der Waals surface area contributed by atoms with E-state index in [0.717, 1.165) is 0 Å². The Labute approximate surface area is 125 Å². The number of esters is 1. The van der Waals surface area contributed by atoms with Crippen LogP contribution in [0.4, 0.5) is 0 Å². The minimum atomic E-state index is -0.645. The second-order valence-corrected chi connectivity index (χ2v) is 4.59. The number of fused-ring (bicyclic) bond motifs is 1. The molecule has 7 heteroatoms. The maximum absolute atomic E-state index is 12.4. The van der Waals surface area contributed by atoms with E-state index in [4.69, 9.17) is 4.74 Å². The van der Waals surface area contributed by atoms with Crippen LogP contribution in [-0.2, 0) is 4.74 Å². The van der Waals surface area contributed by atoms with Crippen molar-refractivity contribution in [2.45, 2.75) is 6.92 Å². The molecule has 2 aliphatic rings. The van der Waals surface area contributed by atoms with Gasteiger partial charge in [0.05, 0.1) is 30.3 Å². The van der Waals surface area contributed by atoms with Crippen molar-refractivity contribution < 1.29 is 14.7 Å². The Bertz CT molecular complexity index is 851. The van der Waals surface area contributed by atoms with Gasteiger partial charge in [-0.2, -0.15) is 9.78 Å². The van der Waals surface area contributed by atoms with Crippen molar-refractivity contribution in [3.8, 4) is 16.9 Å². The van der Waals surface area contributed by atoms with Gasteiger partial charge in [0.1, 0.15) is 11.3 Å². The lowest BCUT2D eigenvalue weighted by atomic mass is 10.1. The molecule has 1 aromatic carbocycles. The molecule has 3 rings (SSSR count). The van der Waals surface area contributed by atoms with E-state index in [1.54, 1.807) is 31.2 Å². The number of carbonyl (C=O) groups is 1. The van der Waals surface area contributed by atoms with Gasteiger partial charge in [-0.15, -0.1) is 0 Å². The van der Waals surface area contributed by atoms with Gasteiger partial charge in [-0.1, -0.05) is 18.2 Å². The highest BCUT2D eigenvalue weighted by Gasteiger charge is 2.25. The third-order valence-corrected chi connectivity index (χ3v) is 3.15. The Hall–Kier alpha value is -3.09. The minimum absolute atomic E-state index is 0.0358. The van der Waals surface area contributed by atoms with Crippen molar-refractivity contribution in [3.63, 3.8) is 0 Å². The predicted molar refractivity (Wildman–Crippen MR) is 77.6 cm³/mol. The van der Waals surface area contributed by atoms with Gasteiger partial charge < -0.3 is 9.94 Å². The number of ether oxygens (including phenoxy) is 1. The van der Waals surface area contributed by atoms with Crippen molar-refractivity contribution in [2.75, 3.05) is 6.61 Å². The normalized spacial score (nSPS) is 10.8. The third-order valence-electron chi connectivity index (χ3n) is 3.15. The summed E-state index contributed by atoms with van der Waals surface area (Å²) in [6.07, 6.45) is 2.38. The van der Waals surface area contributed by atoms with Gasteiger partial charge in [-0.25, -0.2) is 9.52 Å². The van der Waals surface area contributed by atoms with E-state index < -0.39 is 11.5 Å². The van der Waals surface area contributed by atoms with Crippen molar-refractivity contribution in [1.82, 2.24) is 14.5 Å². The lowest BCUT2D eigenvalue weighted by molar-refractivity contribution is 0.0521. The summed E-state index contributed by atoms with van der Waals surface area (Å²) in [6.45, 7) is 1.86. The number of rotatable bonds is 3. The van der Waals surface area contributed by atoms with Gasteiger partial charge in [0.25, 0.3) is 5.56 Å². The lowest BCUT2D eigenvalue weighted by Gasteiger charge is -2.06. The number of pyridine rings is 1. The fourth-order valence-corrected chi connectivity index (χ4v) is 2.20. The number of hydrogen-bond acceptors (Lipinski definition) is 5. The average Bonchev–Trinajstić information content (AvgIpc) is 2.85. The van der Waals surface area contributed by atoms with E-state index >= 15 is 0 Å². The van der Waals surface area contributed by atoms with Crippen LogP contribution in [0.15, 0.2) is 47.5 Å². The molecule has 2 heterocycles. The van der Waals surface area contributed by atoms with Crippen LogP contribution in [0.3, 0.4) is 0 Å². The zero-order valence-corrected chi connectivity index (χ0v) is 11.8. The van der Waals surface area contributed by atoms with Crippen LogP contribution >= 0.6 is 0 Å². The quantitative estimate of drug-likeness (QED) is 0.586. The summed E-state index contributed by atoms with van der Waals surface area (Å²) in [6, 6.07) is 8.83. The zero-order valence-electron chi connectivity index (χ0n) is 11.8. The van der Waals surface area contributed by atoms with Gasteiger partial charge >= 0.3 is 5.97 Å². The third kappa shape index (κ3) is 2.22. The first kappa shape index (κ1) is 13.9. The fourth-order valence-electron chi connectivity index (χ4n) is 2.20. The molecule has 0 aromatic heterocycles. The van der Waals surface area contributed by atoms with Gasteiger partial charge in [0.15, 0.2) is 0 Å². The molecule has 0 radical (unpaired) electrons. The SMILES string of the molecule is CCOC(=O)c1cn(O)cc2c(=O)n(-c3ccccc3)nc1-2. The van der Waals surface area contributed by atoms with Crippen LogP contribution in [0.2, 0.25) is 0 Å². The molecule has 112 valence electrons. The van der Waals surface area contributed by atoms with Crippen LogP contribution in [0, 0.1) is 0 Å². The van der Waals surface area contributed by atoms with Crippen LogP contribution in [0.1, 0.15) is 17.3 Å². The Balaban J connectivity index is 2.25. The summed E-state index contributed by atoms with van der Waals surface area (Å²) < 4.78 is 6.78. The van der Waals surface area contributed by atoms with E-state index in [1.807, 2.05) is 6.07 Å². The standard InChI is InChI=1S/C15H13N3O4/c1-2-22-15(20)12-9-17(21)8-11-13(12)16-18(14(11)19)10-6-4-3-5-7-10/h3-9,21H,2H2,1H3. The first-order valence-electron chi connectivity index (χ1n) is 6.68. The lowest BCUT2D eigenvalue weighted by Crippen LogP contribution is -2.15. The molecule has 7 nitrogen and oxygen atoms in total. The van der Waals surface area contributed by atoms with Crippen LogP contribution in [0.5, 0.6) is 0 Å². The molecule has 1 N–H and O–H groups in total. The number of para-hydroxylation sites is 1. The molecular weight excluding hydrogens is 286 g/mol. The smallest absolute Gasteiger partial charge is 0.342 e. The maximum Gasteiger partial charge on any atom is 0.342 e. The first-order chi connectivity index (χ1) is 10.6. The molecule has 2 aliphatic heterocycles. The van der Waals surface area contributed by atoms with Gasteiger partial charge in [0.2, 0.25) is 0 Å². The van der Waals surface area contributed by atoms with E-state index in [9.17, 15) is 14.8 Å². The van der Waals surface area contributed by atoms with Crippen LogP contribution in [0.25, 0.3) is 16.9 Å². The molecule has 1 aromatic rings. The first-order valence-corrected chi connectivity index (χ1v) is 6.68. The Kier molecular flexibility index (Phi) is 3.38. The Morgan fingerprint density at radius 2 is 2.00 bits per heavy atom. The van der Waals surface area contributed by atoms with Gasteiger partial charge in [0, 0.05) is 0 Å². The number of nitrogens with zero attached hydrogens (tertiary/aromatic N) is 3. The minimum Gasteiger partial charge on any atom is -0.462 e. The van der Waals surface area contributed by atoms with Crippen LogP contribution in [-0.4, -0.2) is 32.3 Å². The van der Waals surface area contributed by atoms with Crippen LogP contribution < -0.4 is 5.56 Å². The average molecular weight is 299 g/mol. The zero-order chi connectivity index (χ0) is 15.7. The second kappa shape index (κ2) is 5.36. The van der Waals surface area contributed by atoms with Crippen molar-refractivity contribution in [3.05, 3.63) is 58.6 Å². The molecule has 0 amide bonds. The van der Waals surface area contributed by atoms with Crippen molar-refractivity contribution in [2.24, 2.45) is 0 Å². The van der Waals surface area contributed by atoms with Gasteiger partial charge in [-0.05, 0) is 19.1 Å². The highest BCUT2D eigenvalue weighted by Crippen LogP contribution is 2.22.